The van der Waals surface area contributed by atoms with Crippen LogP contribution in [-0.2, 0) is 4.79 Å². The molecule has 1 N–H and O–H groups in total. The number of hydrogen-bond donors (Lipinski definition) is 1. The highest BCUT2D eigenvalue weighted by atomic mass is 16.5. The van der Waals surface area contributed by atoms with Crippen molar-refractivity contribution in [3.05, 3.63) is 54.6 Å². The highest BCUT2D eigenvalue weighted by molar-refractivity contribution is 5.95. The summed E-state index contributed by atoms with van der Waals surface area (Å²) in [4.78, 5) is 21.9. The Balaban J connectivity index is 2.41. The molecule has 2 rings (SSSR count). The fourth-order valence-corrected chi connectivity index (χ4v) is 1.58. The third-order valence-corrected chi connectivity index (χ3v) is 2.44. The lowest BCUT2D eigenvalue weighted by Crippen LogP contribution is -2.02. The fourth-order valence-electron chi connectivity index (χ4n) is 1.58. The molecule has 0 heterocycles. The van der Waals surface area contributed by atoms with Crippen LogP contribution >= 0.6 is 0 Å². The third-order valence-electron chi connectivity index (χ3n) is 2.44. The van der Waals surface area contributed by atoms with E-state index in [1.807, 2.05) is 0 Å². The van der Waals surface area contributed by atoms with Gasteiger partial charge in [-0.3, -0.25) is 0 Å². The van der Waals surface area contributed by atoms with E-state index < -0.39 is 11.9 Å². The summed E-state index contributed by atoms with van der Waals surface area (Å²) in [7, 11) is 0. The van der Waals surface area contributed by atoms with E-state index in [4.69, 9.17) is 9.84 Å². The Bertz CT molecular complexity index is 643. The summed E-state index contributed by atoms with van der Waals surface area (Å²) < 4.78 is 4.98. The number of benzene rings is 2. The highest BCUT2D eigenvalue weighted by Gasteiger charge is 2.05. The maximum atomic E-state index is 11.0. The van der Waals surface area contributed by atoms with Crippen LogP contribution in [0.1, 0.15) is 10.4 Å². The quantitative estimate of drug-likeness (QED) is 0.510. The van der Waals surface area contributed by atoms with Gasteiger partial charge in [0.25, 0.3) is 0 Å². The molecule has 0 aliphatic rings. The molecule has 0 saturated heterocycles. The molecule has 0 spiro atoms. The largest absolute Gasteiger partial charge is 0.478 e. The first-order chi connectivity index (χ1) is 8.60. The zero-order valence-electron chi connectivity index (χ0n) is 9.42. The summed E-state index contributed by atoms with van der Waals surface area (Å²) >= 11 is 0. The summed E-state index contributed by atoms with van der Waals surface area (Å²) in [5, 5.41) is 10.4. The molecule has 0 amide bonds. The van der Waals surface area contributed by atoms with Gasteiger partial charge in [0.1, 0.15) is 5.75 Å². The molecule has 0 aromatic heterocycles. The summed E-state index contributed by atoms with van der Waals surface area (Å²) in [6.45, 7) is 3.31. The smallest absolute Gasteiger partial charge is 0.335 e. The molecule has 0 atom stereocenters. The molecule has 0 fully saturated rings. The van der Waals surface area contributed by atoms with Gasteiger partial charge >= 0.3 is 11.9 Å². The molecule has 90 valence electrons. The minimum absolute atomic E-state index is 0.221. The van der Waals surface area contributed by atoms with Crippen molar-refractivity contribution in [2.24, 2.45) is 0 Å². The molecule has 0 bridgehead atoms. The van der Waals surface area contributed by atoms with E-state index in [1.54, 1.807) is 30.3 Å². The first kappa shape index (κ1) is 11.9. The van der Waals surface area contributed by atoms with Crippen molar-refractivity contribution in [2.45, 2.75) is 0 Å². The number of carbonyl (C=O) groups is 2. The first-order valence-electron chi connectivity index (χ1n) is 5.21. The lowest BCUT2D eigenvalue weighted by atomic mass is 10.1. The number of carbonyl (C=O) groups excluding carboxylic acids is 1. The van der Waals surface area contributed by atoms with Crippen molar-refractivity contribution < 1.29 is 19.4 Å². The number of carboxylic acids is 1. The predicted octanol–water partition coefficient (Wildman–Crippen LogP) is 2.63. The Hall–Kier alpha value is -2.62. The lowest BCUT2D eigenvalue weighted by Gasteiger charge is -2.04. The zero-order chi connectivity index (χ0) is 13.1. The number of aromatic carboxylic acids is 1. The van der Waals surface area contributed by atoms with Crippen LogP contribution < -0.4 is 4.74 Å². The summed E-state index contributed by atoms with van der Waals surface area (Å²) in [6, 6.07) is 9.72. The van der Waals surface area contributed by atoms with Gasteiger partial charge in [0.2, 0.25) is 0 Å². The Morgan fingerprint density at radius 3 is 2.44 bits per heavy atom. The van der Waals surface area contributed by atoms with Crippen molar-refractivity contribution in [2.75, 3.05) is 0 Å². The highest BCUT2D eigenvalue weighted by Crippen LogP contribution is 2.22. The maximum absolute atomic E-state index is 11.0. The fraction of sp³-hybridized carbons (Fsp3) is 0. The molecule has 2 aromatic rings. The average molecular weight is 242 g/mol. The second-order valence-electron chi connectivity index (χ2n) is 3.65. The van der Waals surface area contributed by atoms with E-state index in [0.717, 1.165) is 16.8 Å². The second-order valence-corrected chi connectivity index (χ2v) is 3.65. The van der Waals surface area contributed by atoms with Gasteiger partial charge in [-0.05, 0) is 35.0 Å². The van der Waals surface area contributed by atoms with Crippen LogP contribution in [0.4, 0.5) is 0 Å². The Morgan fingerprint density at radius 1 is 1.11 bits per heavy atom. The van der Waals surface area contributed by atoms with Gasteiger partial charge in [0.15, 0.2) is 0 Å². The van der Waals surface area contributed by atoms with Gasteiger partial charge in [-0.15, -0.1) is 0 Å². The van der Waals surface area contributed by atoms with E-state index in [9.17, 15) is 9.59 Å². The van der Waals surface area contributed by atoms with Crippen LogP contribution in [0, 0.1) is 0 Å². The van der Waals surface area contributed by atoms with E-state index >= 15 is 0 Å². The molecular formula is C14H10O4. The Labute approximate surface area is 103 Å². The first-order valence-corrected chi connectivity index (χ1v) is 5.21. The van der Waals surface area contributed by atoms with Gasteiger partial charge in [0.05, 0.1) is 5.56 Å². The van der Waals surface area contributed by atoms with Crippen molar-refractivity contribution in [1.82, 2.24) is 0 Å². The Kier molecular flexibility index (Phi) is 3.10. The molecule has 0 saturated carbocycles. The number of carboxylic acid groups (broad SMARTS) is 1. The standard InChI is InChI=1S/C14H10O4/c1-2-13(15)18-12-6-5-9-7-11(14(16)17)4-3-10(9)8-12/h2-8H,1H2,(H,16,17). The minimum atomic E-state index is -0.973. The van der Waals surface area contributed by atoms with Crippen LogP contribution in [0.2, 0.25) is 0 Å². The number of rotatable bonds is 3. The summed E-state index contributed by atoms with van der Waals surface area (Å²) in [5.41, 5.74) is 0.221. The number of fused-ring (bicyclic) bond motifs is 1. The van der Waals surface area contributed by atoms with Crippen LogP contribution in [0.5, 0.6) is 5.75 Å². The predicted molar refractivity (Wildman–Crippen MR) is 66.7 cm³/mol. The third kappa shape index (κ3) is 2.38. The molecule has 2 aromatic carbocycles. The van der Waals surface area contributed by atoms with E-state index in [0.29, 0.717) is 5.75 Å². The van der Waals surface area contributed by atoms with Crippen LogP contribution in [0.3, 0.4) is 0 Å². The molecule has 0 radical (unpaired) electrons. The molecule has 4 heteroatoms. The van der Waals surface area contributed by atoms with Crippen molar-refractivity contribution in [3.8, 4) is 5.75 Å². The normalized spacial score (nSPS) is 10.0. The molecule has 0 aliphatic carbocycles. The molecular weight excluding hydrogens is 232 g/mol. The average Bonchev–Trinajstić information content (AvgIpc) is 2.37. The van der Waals surface area contributed by atoms with Crippen molar-refractivity contribution in [3.63, 3.8) is 0 Å². The van der Waals surface area contributed by atoms with Crippen LogP contribution in [0.15, 0.2) is 49.1 Å². The summed E-state index contributed by atoms with van der Waals surface area (Å²) in [6.07, 6.45) is 1.08. The number of hydrogen-bond acceptors (Lipinski definition) is 3. The van der Waals surface area contributed by atoms with Crippen LogP contribution in [0.25, 0.3) is 10.8 Å². The SMILES string of the molecule is C=CC(=O)Oc1ccc2cc(C(=O)O)ccc2c1. The molecule has 4 nitrogen and oxygen atoms in total. The molecule has 18 heavy (non-hydrogen) atoms. The molecule has 0 aliphatic heterocycles. The van der Waals surface area contributed by atoms with Gasteiger partial charge in [-0.1, -0.05) is 18.7 Å². The second kappa shape index (κ2) is 4.71. The van der Waals surface area contributed by atoms with E-state index in [2.05, 4.69) is 6.58 Å². The van der Waals surface area contributed by atoms with Gasteiger partial charge < -0.3 is 9.84 Å². The maximum Gasteiger partial charge on any atom is 0.335 e. The minimum Gasteiger partial charge on any atom is -0.478 e. The number of ether oxygens (including phenoxy) is 1. The van der Waals surface area contributed by atoms with E-state index in [-0.39, 0.29) is 5.56 Å². The van der Waals surface area contributed by atoms with Crippen molar-refractivity contribution >= 4 is 22.7 Å². The van der Waals surface area contributed by atoms with Crippen molar-refractivity contribution in [1.29, 1.82) is 0 Å². The molecule has 0 unspecified atom stereocenters. The van der Waals surface area contributed by atoms with Crippen LogP contribution in [-0.4, -0.2) is 17.0 Å². The monoisotopic (exact) mass is 242 g/mol. The Morgan fingerprint density at radius 2 is 1.78 bits per heavy atom. The van der Waals surface area contributed by atoms with Gasteiger partial charge in [-0.25, -0.2) is 9.59 Å². The summed E-state index contributed by atoms with van der Waals surface area (Å²) in [5.74, 6) is -1.11. The van der Waals surface area contributed by atoms with Gasteiger partial charge in [0, 0.05) is 6.08 Å². The van der Waals surface area contributed by atoms with Gasteiger partial charge in [-0.2, -0.15) is 0 Å². The number of esters is 1. The lowest BCUT2D eigenvalue weighted by molar-refractivity contribution is -0.128. The topological polar surface area (TPSA) is 63.6 Å². The van der Waals surface area contributed by atoms with E-state index in [1.165, 1.54) is 6.07 Å². The zero-order valence-corrected chi connectivity index (χ0v) is 9.42.